The quantitative estimate of drug-likeness (QED) is 0.0270. The van der Waals surface area contributed by atoms with Gasteiger partial charge in [-0.3, -0.25) is 19.7 Å². The molecule has 96 heavy (non-hydrogen) atoms. The lowest BCUT2D eigenvalue weighted by Gasteiger charge is -2.19. The average molecular weight is 1540 g/mol. The van der Waals surface area contributed by atoms with Crippen molar-refractivity contribution >= 4 is 160 Å². The predicted molar refractivity (Wildman–Crippen MR) is 394 cm³/mol. The third-order valence-corrected chi connectivity index (χ3v) is 15.7. The van der Waals surface area contributed by atoms with E-state index in [4.69, 9.17) is 47.7 Å². The number of ether oxygens (including phenoxy) is 2. The van der Waals surface area contributed by atoms with Crippen LogP contribution in [0.4, 0.5) is 39.3 Å². The number of carbonyl (C=O) groups is 4. The maximum Gasteiger partial charge on any atom is 0.488 e. The molecule has 11 rings (SSSR count). The van der Waals surface area contributed by atoms with Gasteiger partial charge in [-0.2, -0.15) is 15.3 Å². The van der Waals surface area contributed by atoms with Gasteiger partial charge in [-0.05, 0) is 218 Å². The van der Waals surface area contributed by atoms with E-state index >= 15 is 0 Å². The topological polar surface area (TPSA) is 341 Å². The van der Waals surface area contributed by atoms with Crippen molar-refractivity contribution in [3.63, 3.8) is 0 Å². The summed E-state index contributed by atoms with van der Waals surface area (Å²) in [4.78, 5) is 73.5. The summed E-state index contributed by atoms with van der Waals surface area (Å²) < 4.78 is 17.3. The number of aryl methyl sites for hydroxylation is 3. The van der Waals surface area contributed by atoms with Crippen molar-refractivity contribution in [2.24, 2.45) is 0 Å². The molecule has 0 bridgehead atoms. The number of carbonyl (C=O) groups excluding carboxylic acids is 4. The van der Waals surface area contributed by atoms with Crippen molar-refractivity contribution in [2.75, 3.05) is 60.2 Å². The van der Waals surface area contributed by atoms with E-state index in [0.717, 1.165) is 77.3 Å². The minimum absolute atomic E-state index is 0.169. The number of nitrogens with two attached hydrogens (primary N) is 2. The van der Waals surface area contributed by atoms with Crippen LogP contribution in [0.15, 0.2) is 166 Å². The molecule has 0 aliphatic carbocycles. The Bertz CT molecular complexity index is 4660. The summed E-state index contributed by atoms with van der Waals surface area (Å²) in [5.74, 6) is 1.52. The minimum Gasteiger partial charge on any atom is -0.496 e. The van der Waals surface area contributed by atoms with Crippen LogP contribution in [-0.2, 0) is 19.1 Å². The number of amides is 3. The van der Waals surface area contributed by atoms with Gasteiger partial charge in [0.25, 0.3) is 0 Å². The lowest BCUT2D eigenvalue weighted by molar-refractivity contribution is -0.114. The minimum atomic E-state index is -1.35. The molecule has 0 radical (unpaired) electrons. The highest BCUT2D eigenvalue weighted by Crippen LogP contribution is 2.35. The molecule has 0 fully saturated rings. The van der Waals surface area contributed by atoms with E-state index in [-0.39, 0.29) is 11.8 Å². The summed E-state index contributed by atoms with van der Waals surface area (Å²) in [6, 6.07) is 33.8. The van der Waals surface area contributed by atoms with Crippen molar-refractivity contribution in [1.82, 2.24) is 59.2 Å². The second kappa shape index (κ2) is 32.8. The highest BCUT2D eigenvalue weighted by molar-refractivity contribution is 14.1. The Hall–Kier alpha value is -10.2. The second-order valence-electron chi connectivity index (χ2n) is 21.6. The molecular weight excluding hydrogens is 1470 g/mol. The molecule has 0 saturated heterocycles. The summed E-state index contributed by atoms with van der Waals surface area (Å²) in [6.07, 6.45) is 7.25. The molecule has 26 nitrogen and oxygen atoms in total. The summed E-state index contributed by atoms with van der Waals surface area (Å²) in [6.45, 7) is 21.4. The summed E-state index contributed by atoms with van der Waals surface area (Å²) >= 11 is 8.92. The number of nitrogen functional groups attached to an aromatic ring is 2. The molecule has 6 heterocycles. The zero-order chi connectivity index (χ0) is 70.3. The number of methoxy groups -OCH3 is 1. The standard InChI is InChI=1S/C23H22N6O2.C17H19IN6O2.C15H13IN6O.C8H11BO2.C3H3ClO/c1-5-19(30)28(3)16-8-10-17(11-9-16)29-23-20(22(24)25-13-26-23)21(27-29)15-7-6-14(2)18(12-15)31-4;1-17(2,3)26-16(25)22-14-12-13(18)23-24(15(12)21-9-20-14)11-7-5-10(19-4)6-8-11;1-3-11(23)21(2)9-4-6-10(7-5-9)22-15-12(13(16)20-22)14(17)18-8-19-15;1-6-3-4-8(9(10)11)5-7(6)2;1-2-3(4)5/h5-13H,1H2,2-4H3,(H2,24,25,26);5-9,19H,1-4H3,(H,20,21,22,25);3-8H,1H2,2H3,(H2,17,18,19);3-5,10-11H,1-2H3;2H,1H2. The molecule has 0 aliphatic heterocycles. The lowest BCUT2D eigenvalue weighted by Crippen LogP contribution is -2.29. The van der Waals surface area contributed by atoms with Crippen LogP contribution in [0.25, 0.3) is 61.4 Å². The first-order valence-corrected chi connectivity index (χ1v) is 31.4. The summed E-state index contributed by atoms with van der Waals surface area (Å²) in [5, 5.41) is 38.7. The molecule has 3 amide bonds. The SMILES string of the molecule is C=CC(=O)Cl.C=CC(=O)N(C)c1ccc(-n2nc(-c3ccc(C)c(OC)c3)c3c(N)ncnc32)cc1.C=CC(=O)N(C)c1ccc(-n2nc(I)c3c(N)ncnc32)cc1.CNc1ccc(-n2nc(I)c3c(NC(=O)OC(C)(C)C)ncnc32)cc1.Cc1ccc(B(O)O)cc1C. The summed E-state index contributed by atoms with van der Waals surface area (Å²) in [5.41, 5.74) is 23.6. The average Bonchev–Trinajstić information content (AvgIpc) is 1.63. The fourth-order valence-corrected chi connectivity index (χ4v) is 10.3. The fourth-order valence-electron chi connectivity index (χ4n) is 8.88. The van der Waals surface area contributed by atoms with Crippen molar-refractivity contribution in [3.05, 3.63) is 190 Å². The Labute approximate surface area is 585 Å². The monoisotopic (exact) mass is 1540 g/mol. The van der Waals surface area contributed by atoms with Gasteiger partial charge in [0.15, 0.2) is 22.8 Å². The number of halogens is 3. The Balaban J connectivity index is 0.000000183. The third-order valence-electron chi connectivity index (χ3n) is 14.0. The van der Waals surface area contributed by atoms with E-state index in [0.29, 0.717) is 60.0 Å². The molecule has 0 spiro atoms. The number of allylic oxidation sites excluding steroid dienone is 1. The van der Waals surface area contributed by atoms with E-state index < -0.39 is 24.1 Å². The summed E-state index contributed by atoms with van der Waals surface area (Å²) in [7, 11) is 5.53. The number of nitrogens with one attached hydrogen (secondary N) is 2. The Morgan fingerprint density at radius 2 is 1.06 bits per heavy atom. The normalized spacial score (nSPS) is 10.6. The Morgan fingerprint density at radius 1 is 0.615 bits per heavy atom. The first kappa shape index (κ1) is 73.2. The first-order valence-electron chi connectivity index (χ1n) is 28.9. The molecule has 0 atom stereocenters. The molecule has 30 heteroatoms. The van der Waals surface area contributed by atoms with Crippen LogP contribution in [0.5, 0.6) is 5.75 Å². The van der Waals surface area contributed by atoms with Crippen molar-refractivity contribution < 1.29 is 38.7 Å². The van der Waals surface area contributed by atoms with Crippen molar-refractivity contribution in [2.45, 2.75) is 47.1 Å². The molecular formula is C66H68BClI2N18O8. The Kier molecular flexibility index (Phi) is 25.0. The molecule has 5 aromatic carbocycles. The largest absolute Gasteiger partial charge is 0.496 e. The van der Waals surface area contributed by atoms with Gasteiger partial charge >= 0.3 is 13.2 Å². The highest BCUT2D eigenvalue weighted by Gasteiger charge is 2.23. The van der Waals surface area contributed by atoms with Crippen LogP contribution in [-0.4, -0.2) is 133 Å². The van der Waals surface area contributed by atoms with Crippen molar-refractivity contribution in [1.29, 1.82) is 0 Å². The van der Waals surface area contributed by atoms with E-state index in [1.807, 2.05) is 125 Å². The number of likely N-dealkylation sites (N-methyl/N-ethyl adjacent to an activating group) is 2. The molecule has 6 aromatic heterocycles. The van der Waals surface area contributed by atoms with E-state index in [9.17, 15) is 19.2 Å². The van der Waals surface area contributed by atoms with Crippen LogP contribution < -0.4 is 42.1 Å². The van der Waals surface area contributed by atoms with E-state index in [2.05, 4.69) is 116 Å². The van der Waals surface area contributed by atoms with Gasteiger partial charge in [0.05, 0.1) is 40.3 Å². The van der Waals surface area contributed by atoms with Crippen LogP contribution in [0.2, 0.25) is 0 Å². The number of hydrogen-bond acceptors (Lipinski definition) is 20. The number of fused-ring (bicyclic) bond motifs is 3. The Morgan fingerprint density at radius 3 is 1.52 bits per heavy atom. The van der Waals surface area contributed by atoms with Gasteiger partial charge in [0, 0.05) is 43.8 Å². The van der Waals surface area contributed by atoms with E-state index in [1.54, 1.807) is 68.2 Å². The lowest BCUT2D eigenvalue weighted by atomic mass is 9.79. The maximum absolute atomic E-state index is 12.1. The number of aromatic nitrogens is 12. The van der Waals surface area contributed by atoms with E-state index in [1.165, 1.54) is 40.9 Å². The molecule has 0 aliphatic rings. The third kappa shape index (κ3) is 18.0. The van der Waals surface area contributed by atoms with Gasteiger partial charge in [0.1, 0.15) is 55.1 Å². The van der Waals surface area contributed by atoms with Gasteiger partial charge < -0.3 is 46.1 Å². The second-order valence-corrected chi connectivity index (χ2v) is 24.0. The zero-order valence-corrected chi connectivity index (χ0v) is 59.0. The van der Waals surface area contributed by atoms with Crippen molar-refractivity contribution in [3.8, 4) is 34.1 Å². The van der Waals surface area contributed by atoms with Gasteiger partial charge in [-0.15, -0.1) is 0 Å². The number of hydrogen-bond donors (Lipinski definition) is 6. The smallest absolute Gasteiger partial charge is 0.488 e. The molecule has 0 unspecified atom stereocenters. The van der Waals surface area contributed by atoms with Crippen LogP contribution in [0.1, 0.15) is 37.5 Å². The number of rotatable bonds is 13. The highest BCUT2D eigenvalue weighted by atomic mass is 127. The fraction of sp³-hybridized carbons (Fsp3) is 0.167. The molecule has 11 aromatic rings. The maximum atomic E-state index is 12.1. The molecule has 0 saturated carbocycles. The van der Waals surface area contributed by atoms with Crippen LogP contribution in [0, 0.1) is 28.2 Å². The number of anilines is 6. The number of benzene rings is 5. The number of nitrogens with zero attached hydrogens (tertiary/aromatic N) is 14. The van der Waals surface area contributed by atoms with Crippen LogP contribution >= 0.6 is 56.8 Å². The molecule has 8 N–H and O–H groups in total. The predicted octanol–water partition coefficient (Wildman–Crippen LogP) is 10.4. The van der Waals surface area contributed by atoms with Gasteiger partial charge in [-0.1, -0.05) is 50.1 Å². The molecule has 494 valence electrons. The first-order chi connectivity index (χ1) is 45.6. The zero-order valence-electron chi connectivity index (χ0n) is 53.9. The van der Waals surface area contributed by atoms with Gasteiger partial charge in [0.2, 0.25) is 17.1 Å². The van der Waals surface area contributed by atoms with Gasteiger partial charge in [-0.25, -0.2) is 48.7 Å². The van der Waals surface area contributed by atoms with Crippen LogP contribution in [0.3, 0.4) is 0 Å².